The maximum absolute atomic E-state index is 6.06. The minimum atomic E-state index is 0.460. The number of aliphatic imine (C=N–C) groups is 1. The first-order chi connectivity index (χ1) is 13.2. The van der Waals surface area contributed by atoms with Gasteiger partial charge in [-0.2, -0.15) is 0 Å². The normalized spacial score (nSPS) is 17.1. The van der Waals surface area contributed by atoms with Gasteiger partial charge in [-0.3, -0.25) is 0 Å². The number of hydrogen-bond donors (Lipinski definition) is 2. The fourth-order valence-corrected chi connectivity index (χ4v) is 3.05. The lowest BCUT2D eigenvalue weighted by atomic mass is 10.1. The summed E-state index contributed by atoms with van der Waals surface area (Å²) in [4.78, 5) is 4.47. The maximum atomic E-state index is 6.06. The molecule has 0 spiro atoms. The topological polar surface area (TPSA) is 68.9 Å². The Balaban J connectivity index is 1.51. The van der Waals surface area contributed by atoms with Gasteiger partial charge in [-0.25, -0.2) is 4.99 Å². The molecular formula is C22H29N3O2. The molecule has 1 saturated heterocycles. The third kappa shape index (κ3) is 6.29. The van der Waals surface area contributed by atoms with Crippen molar-refractivity contribution in [3.8, 4) is 5.75 Å². The number of nitrogens with zero attached hydrogens (tertiary/aromatic N) is 1. The highest BCUT2D eigenvalue weighted by Gasteiger charge is 2.17. The second-order valence-corrected chi connectivity index (χ2v) is 7.02. The largest absolute Gasteiger partial charge is 0.493 e. The fourth-order valence-electron chi connectivity index (χ4n) is 3.05. The molecular weight excluding hydrogens is 338 g/mol. The standard InChI is InChI=1S/C22H29N3O2/c1-17-7-8-20(21(13-17)27-16-19-10-12-26-15-19)14-25-22(23)24-11-9-18-5-3-2-4-6-18/h2-8,13,19H,9-12,14-16H2,1H3,(H3,23,24,25). The number of benzene rings is 2. The third-order valence-electron chi connectivity index (χ3n) is 4.70. The van der Waals surface area contributed by atoms with E-state index in [9.17, 15) is 0 Å². The van der Waals surface area contributed by atoms with Gasteiger partial charge in [-0.15, -0.1) is 0 Å². The van der Waals surface area contributed by atoms with Gasteiger partial charge in [0.25, 0.3) is 0 Å². The molecule has 144 valence electrons. The van der Waals surface area contributed by atoms with Gasteiger partial charge in [0.15, 0.2) is 5.96 Å². The molecule has 0 amide bonds. The van der Waals surface area contributed by atoms with Gasteiger partial charge in [0.05, 0.1) is 19.8 Å². The van der Waals surface area contributed by atoms with Gasteiger partial charge >= 0.3 is 0 Å². The molecule has 1 aliphatic heterocycles. The van der Waals surface area contributed by atoms with Crippen LogP contribution in [0.3, 0.4) is 0 Å². The van der Waals surface area contributed by atoms with Crippen molar-refractivity contribution < 1.29 is 9.47 Å². The van der Waals surface area contributed by atoms with Crippen molar-refractivity contribution in [2.24, 2.45) is 16.6 Å². The van der Waals surface area contributed by atoms with E-state index in [2.05, 4.69) is 47.6 Å². The zero-order chi connectivity index (χ0) is 18.9. The number of nitrogens with one attached hydrogen (secondary N) is 1. The summed E-state index contributed by atoms with van der Waals surface area (Å²) in [5.41, 5.74) is 9.52. The van der Waals surface area contributed by atoms with E-state index in [1.165, 1.54) is 11.1 Å². The van der Waals surface area contributed by atoms with Crippen LogP contribution >= 0.6 is 0 Å². The number of nitrogens with two attached hydrogens (primary N) is 1. The Hall–Kier alpha value is -2.53. The predicted octanol–water partition coefficient (Wildman–Crippen LogP) is 3.06. The molecule has 2 aromatic carbocycles. The van der Waals surface area contributed by atoms with Crippen molar-refractivity contribution in [1.29, 1.82) is 0 Å². The molecule has 1 fully saturated rings. The molecule has 1 unspecified atom stereocenters. The van der Waals surface area contributed by atoms with Crippen LogP contribution in [0.1, 0.15) is 23.1 Å². The van der Waals surface area contributed by atoms with E-state index in [0.29, 0.717) is 25.0 Å². The molecule has 0 aliphatic carbocycles. The van der Waals surface area contributed by atoms with Crippen LogP contribution in [0.15, 0.2) is 53.5 Å². The molecule has 0 saturated carbocycles. The Kier molecular flexibility index (Phi) is 7.11. The van der Waals surface area contributed by atoms with E-state index in [0.717, 1.165) is 43.9 Å². The molecule has 1 aliphatic rings. The Morgan fingerprint density at radius 2 is 2.11 bits per heavy atom. The zero-order valence-electron chi connectivity index (χ0n) is 16.0. The zero-order valence-corrected chi connectivity index (χ0v) is 16.0. The van der Waals surface area contributed by atoms with E-state index >= 15 is 0 Å². The summed E-state index contributed by atoms with van der Waals surface area (Å²) < 4.78 is 11.5. The fraction of sp³-hybridized carbons (Fsp3) is 0.409. The van der Waals surface area contributed by atoms with Gasteiger partial charge in [0, 0.05) is 24.6 Å². The van der Waals surface area contributed by atoms with Crippen LogP contribution in [0.5, 0.6) is 5.75 Å². The van der Waals surface area contributed by atoms with Gasteiger partial charge in [-0.05, 0) is 37.0 Å². The average Bonchev–Trinajstić information content (AvgIpc) is 3.20. The highest BCUT2D eigenvalue weighted by molar-refractivity contribution is 5.77. The summed E-state index contributed by atoms with van der Waals surface area (Å²) in [5.74, 6) is 1.83. The first-order valence-corrected chi connectivity index (χ1v) is 9.58. The lowest BCUT2D eigenvalue weighted by molar-refractivity contribution is 0.166. The highest BCUT2D eigenvalue weighted by atomic mass is 16.5. The summed E-state index contributed by atoms with van der Waals surface area (Å²) in [7, 11) is 0. The summed E-state index contributed by atoms with van der Waals surface area (Å²) in [6.07, 6.45) is 1.98. The molecule has 3 rings (SSSR count). The van der Waals surface area contributed by atoms with Crippen molar-refractivity contribution in [3.05, 3.63) is 65.2 Å². The van der Waals surface area contributed by atoms with E-state index < -0.39 is 0 Å². The summed E-state index contributed by atoms with van der Waals surface area (Å²) in [6.45, 7) is 5.64. The molecule has 3 N–H and O–H groups in total. The predicted molar refractivity (Wildman–Crippen MR) is 109 cm³/mol. The Morgan fingerprint density at radius 3 is 2.89 bits per heavy atom. The van der Waals surface area contributed by atoms with E-state index in [1.807, 2.05) is 18.2 Å². The van der Waals surface area contributed by atoms with Crippen molar-refractivity contribution in [2.45, 2.75) is 26.3 Å². The Labute approximate surface area is 161 Å². The molecule has 0 bridgehead atoms. The van der Waals surface area contributed by atoms with Crippen LogP contribution in [-0.4, -0.2) is 32.3 Å². The number of guanidine groups is 1. The summed E-state index contributed by atoms with van der Waals surface area (Å²) >= 11 is 0. The van der Waals surface area contributed by atoms with Crippen molar-refractivity contribution in [1.82, 2.24) is 5.32 Å². The molecule has 27 heavy (non-hydrogen) atoms. The Morgan fingerprint density at radius 1 is 1.26 bits per heavy atom. The molecule has 1 heterocycles. The van der Waals surface area contributed by atoms with Crippen molar-refractivity contribution in [2.75, 3.05) is 26.4 Å². The van der Waals surface area contributed by atoms with Crippen LogP contribution < -0.4 is 15.8 Å². The first kappa shape index (κ1) is 19.2. The molecule has 0 radical (unpaired) electrons. The second kappa shape index (κ2) is 9.97. The summed E-state index contributed by atoms with van der Waals surface area (Å²) in [5, 5.41) is 3.18. The number of hydrogen-bond acceptors (Lipinski definition) is 3. The van der Waals surface area contributed by atoms with Gasteiger partial charge in [0.2, 0.25) is 0 Å². The number of ether oxygens (including phenoxy) is 2. The van der Waals surface area contributed by atoms with Crippen LogP contribution in [-0.2, 0) is 17.7 Å². The molecule has 2 aromatic rings. The van der Waals surface area contributed by atoms with Crippen LogP contribution in [0, 0.1) is 12.8 Å². The lowest BCUT2D eigenvalue weighted by Crippen LogP contribution is -2.33. The minimum Gasteiger partial charge on any atom is -0.493 e. The lowest BCUT2D eigenvalue weighted by Gasteiger charge is -2.14. The SMILES string of the molecule is Cc1ccc(CN=C(N)NCCc2ccccc2)c(OCC2CCOC2)c1. The smallest absolute Gasteiger partial charge is 0.188 e. The van der Waals surface area contributed by atoms with Crippen molar-refractivity contribution in [3.63, 3.8) is 0 Å². The monoisotopic (exact) mass is 367 g/mol. The quantitative estimate of drug-likeness (QED) is 0.556. The Bertz CT molecular complexity index is 740. The highest BCUT2D eigenvalue weighted by Crippen LogP contribution is 2.23. The molecule has 0 aromatic heterocycles. The van der Waals surface area contributed by atoms with Gasteiger partial charge in [-0.1, -0.05) is 42.5 Å². The van der Waals surface area contributed by atoms with Crippen LogP contribution in [0.25, 0.3) is 0 Å². The first-order valence-electron chi connectivity index (χ1n) is 9.58. The number of rotatable bonds is 8. The van der Waals surface area contributed by atoms with Gasteiger partial charge < -0.3 is 20.5 Å². The van der Waals surface area contributed by atoms with E-state index in [1.54, 1.807) is 0 Å². The maximum Gasteiger partial charge on any atom is 0.188 e. The summed E-state index contributed by atoms with van der Waals surface area (Å²) in [6, 6.07) is 16.5. The average molecular weight is 367 g/mol. The third-order valence-corrected chi connectivity index (χ3v) is 4.70. The van der Waals surface area contributed by atoms with Crippen LogP contribution in [0.4, 0.5) is 0 Å². The van der Waals surface area contributed by atoms with E-state index in [4.69, 9.17) is 15.2 Å². The second-order valence-electron chi connectivity index (χ2n) is 7.02. The minimum absolute atomic E-state index is 0.460. The number of aryl methyl sites for hydroxylation is 1. The van der Waals surface area contributed by atoms with Crippen LogP contribution in [0.2, 0.25) is 0 Å². The molecule has 5 nitrogen and oxygen atoms in total. The van der Waals surface area contributed by atoms with Gasteiger partial charge in [0.1, 0.15) is 5.75 Å². The molecule has 5 heteroatoms. The van der Waals surface area contributed by atoms with Crippen molar-refractivity contribution >= 4 is 5.96 Å². The van der Waals surface area contributed by atoms with E-state index in [-0.39, 0.29) is 0 Å². The molecule has 1 atom stereocenters.